The van der Waals surface area contributed by atoms with Crippen molar-refractivity contribution >= 4 is 17.5 Å². The molecule has 16 heavy (non-hydrogen) atoms. The van der Waals surface area contributed by atoms with Crippen molar-refractivity contribution in [3.05, 3.63) is 34.1 Å². The molecule has 1 amide bonds. The van der Waals surface area contributed by atoms with E-state index in [1.165, 1.54) is 6.07 Å². The van der Waals surface area contributed by atoms with E-state index in [2.05, 4.69) is 5.32 Å². The second-order valence-electron chi connectivity index (χ2n) is 3.45. The van der Waals surface area contributed by atoms with E-state index in [1.54, 1.807) is 13.0 Å². The number of carbonyl (C=O) groups excluding carboxylic acids is 1. The van der Waals surface area contributed by atoms with Gasteiger partial charge in [0.1, 0.15) is 12.4 Å². The molecule has 3 nitrogen and oxygen atoms in total. The molecule has 0 radical (unpaired) electrons. The van der Waals surface area contributed by atoms with Crippen LogP contribution in [-0.2, 0) is 11.2 Å². The molecule has 88 valence electrons. The largest absolute Gasteiger partial charge is 0.387 e. The van der Waals surface area contributed by atoms with Crippen molar-refractivity contribution in [2.45, 2.75) is 13.3 Å². The maximum Gasteiger partial charge on any atom is 0.245 e. The third-order valence-corrected chi connectivity index (χ3v) is 2.54. The van der Waals surface area contributed by atoms with Gasteiger partial charge in [0.05, 0.1) is 0 Å². The van der Waals surface area contributed by atoms with Crippen LogP contribution in [0.25, 0.3) is 0 Å². The Morgan fingerprint density at radius 2 is 2.25 bits per heavy atom. The number of hydrogen-bond acceptors (Lipinski definition) is 2. The molecule has 0 atom stereocenters. The first-order chi connectivity index (χ1) is 7.54. The summed E-state index contributed by atoms with van der Waals surface area (Å²) in [6.07, 6.45) is 0.432. The topological polar surface area (TPSA) is 49.3 Å². The lowest BCUT2D eigenvalue weighted by Crippen LogP contribution is -2.28. The van der Waals surface area contributed by atoms with Crippen molar-refractivity contribution in [2.24, 2.45) is 0 Å². The summed E-state index contributed by atoms with van der Waals surface area (Å²) in [6.45, 7) is 1.41. The number of amides is 1. The van der Waals surface area contributed by atoms with Gasteiger partial charge in [0.15, 0.2) is 0 Å². The molecule has 0 saturated carbocycles. The van der Waals surface area contributed by atoms with E-state index >= 15 is 0 Å². The van der Waals surface area contributed by atoms with Gasteiger partial charge < -0.3 is 10.4 Å². The van der Waals surface area contributed by atoms with Gasteiger partial charge in [-0.3, -0.25) is 4.79 Å². The first-order valence-corrected chi connectivity index (χ1v) is 5.24. The molecule has 5 heteroatoms. The summed E-state index contributed by atoms with van der Waals surface area (Å²) in [6, 6.07) is 2.92. The van der Waals surface area contributed by atoms with Crippen molar-refractivity contribution in [1.82, 2.24) is 5.32 Å². The maximum atomic E-state index is 13.2. The zero-order valence-corrected chi connectivity index (χ0v) is 9.64. The van der Waals surface area contributed by atoms with Crippen molar-refractivity contribution < 1.29 is 14.3 Å². The molecular weight excluding hydrogens is 233 g/mol. The van der Waals surface area contributed by atoms with Crippen LogP contribution in [0.4, 0.5) is 4.39 Å². The Kier molecular flexibility index (Phi) is 4.71. The summed E-state index contributed by atoms with van der Waals surface area (Å²) in [5.41, 5.74) is 1.14. The number of aryl methyl sites for hydroxylation is 1. The number of hydrogen-bond donors (Lipinski definition) is 2. The quantitative estimate of drug-likeness (QED) is 0.843. The standard InChI is InChI=1S/C11H13ClFNO2/c1-7-4-9(12)8(5-10(7)13)2-3-14-11(16)6-15/h4-5,15H,2-3,6H2,1H3,(H,14,16). The second-order valence-corrected chi connectivity index (χ2v) is 3.86. The summed E-state index contributed by atoms with van der Waals surface area (Å²) in [5, 5.41) is 11.4. The monoisotopic (exact) mass is 245 g/mol. The van der Waals surface area contributed by atoms with Crippen LogP contribution in [0.1, 0.15) is 11.1 Å². The highest BCUT2D eigenvalue weighted by molar-refractivity contribution is 6.31. The van der Waals surface area contributed by atoms with Gasteiger partial charge in [-0.15, -0.1) is 0 Å². The number of rotatable bonds is 4. The van der Waals surface area contributed by atoms with E-state index in [1.807, 2.05) is 0 Å². The summed E-state index contributed by atoms with van der Waals surface area (Å²) in [7, 11) is 0. The van der Waals surface area contributed by atoms with Crippen LogP contribution in [0.2, 0.25) is 5.02 Å². The number of benzene rings is 1. The van der Waals surface area contributed by atoms with Crippen LogP contribution in [0.15, 0.2) is 12.1 Å². The molecule has 1 aromatic carbocycles. The number of aliphatic hydroxyl groups is 1. The van der Waals surface area contributed by atoms with E-state index in [-0.39, 0.29) is 5.82 Å². The molecule has 0 aliphatic heterocycles. The minimum absolute atomic E-state index is 0.312. The minimum Gasteiger partial charge on any atom is -0.387 e. The highest BCUT2D eigenvalue weighted by Crippen LogP contribution is 2.20. The van der Waals surface area contributed by atoms with Gasteiger partial charge in [0, 0.05) is 11.6 Å². The number of carbonyl (C=O) groups is 1. The molecule has 0 saturated heterocycles. The van der Waals surface area contributed by atoms with E-state index in [0.717, 1.165) is 0 Å². The molecule has 0 aromatic heterocycles. The fourth-order valence-electron chi connectivity index (χ4n) is 1.27. The maximum absolute atomic E-state index is 13.2. The van der Waals surface area contributed by atoms with Crippen LogP contribution in [0, 0.1) is 12.7 Å². The molecular formula is C11H13ClFNO2. The van der Waals surface area contributed by atoms with Crippen molar-refractivity contribution in [3.63, 3.8) is 0 Å². The first kappa shape index (κ1) is 12.9. The molecule has 0 spiro atoms. The predicted octanol–water partition coefficient (Wildman–Crippen LogP) is 1.44. The molecule has 0 fully saturated rings. The second kappa shape index (κ2) is 5.82. The molecule has 0 aliphatic rings. The fourth-order valence-corrected chi connectivity index (χ4v) is 1.58. The Morgan fingerprint density at radius 3 is 2.88 bits per heavy atom. The zero-order chi connectivity index (χ0) is 12.1. The SMILES string of the molecule is Cc1cc(Cl)c(CCNC(=O)CO)cc1F. The lowest BCUT2D eigenvalue weighted by atomic mass is 10.1. The Bertz CT molecular complexity index is 396. The van der Waals surface area contributed by atoms with E-state index < -0.39 is 12.5 Å². The summed E-state index contributed by atoms with van der Waals surface area (Å²) < 4.78 is 13.2. The Hall–Kier alpha value is -1.13. The Labute approximate surface area is 98.2 Å². The lowest BCUT2D eigenvalue weighted by Gasteiger charge is -2.07. The highest BCUT2D eigenvalue weighted by atomic mass is 35.5. The van der Waals surface area contributed by atoms with Crippen LogP contribution in [0.5, 0.6) is 0 Å². The Balaban J connectivity index is 2.60. The van der Waals surface area contributed by atoms with Crippen LogP contribution < -0.4 is 5.32 Å². The van der Waals surface area contributed by atoms with Gasteiger partial charge in [-0.2, -0.15) is 0 Å². The Morgan fingerprint density at radius 1 is 1.56 bits per heavy atom. The smallest absolute Gasteiger partial charge is 0.245 e. The molecule has 0 heterocycles. The minimum atomic E-state index is -0.546. The van der Waals surface area contributed by atoms with Crippen molar-refractivity contribution in [3.8, 4) is 0 Å². The van der Waals surface area contributed by atoms with Gasteiger partial charge in [0.2, 0.25) is 5.91 Å². The van der Waals surface area contributed by atoms with Gasteiger partial charge in [-0.05, 0) is 36.6 Å². The van der Waals surface area contributed by atoms with Gasteiger partial charge in [-0.1, -0.05) is 11.6 Å². The van der Waals surface area contributed by atoms with Gasteiger partial charge in [-0.25, -0.2) is 4.39 Å². The molecule has 2 N–H and O–H groups in total. The van der Waals surface area contributed by atoms with Crippen molar-refractivity contribution in [1.29, 1.82) is 0 Å². The highest BCUT2D eigenvalue weighted by Gasteiger charge is 2.06. The number of halogens is 2. The average Bonchev–Trinajstić information content (AvgIpc) is 2.25. The summed E-state index contributed by atoms with van der Waals surface area (Å²) in [4.78, 5) is 10.7. The summed E-state index contributed by atoms with van der Waals surface area (Å²) in [5.74, 6) is -0.767. The normalized spacial score (nSPS) is 10.2. The molecule has 0 aliphatic carbocycles. The lowest BCUT2D eigenvalue weighted by molar-refractivity contribution is -0.123. The summed E-state index contributed by atoms with van der Waals surface area (Å²) >= 11 is 5.92. The van der Waals surface area contributed by atoms with Crippen LogP contribution >= 0.6 is 11.6 Å². The fraction of sp³-hybridized carbons (Fsp3) is 0.364. The molecule has 1 rings (SSSR count). The van der Waals surface area contributed by atoms with Crippen molar-refractivity contribution in [2.75, 3.05) is 13.2 Å². The molecule has 0 bridgehead atoms. The van der Waals surface area contributed by atoms with E-state index in [4.69, 9.17) is 16.7 Å². The van der Waals surface area contributed by atoms with E-state index in [0.29, 0.717) is 29.1 Å². The third-order valence-electron chi connectivity index (χ3n) is 2.19. The van der Waals surface area contributed by atoms with E-state index in [9.17, 15) is 9.18 Å². The van der Waals surface area contributed by atoms with Crippen LogP contribution in [0.3, 0.4) is 0 Å². The zero-order valence-electron chi connectivity index (χ0n) is 8.89. The third kappa shape index (κ3) is 3.47. The predicted molar refractivity (Wildman–Crippen MR) is 59.9 cm³/mol. The van der Waals surface area contributed by atoms with Gasteiger partial charge >= 0.3 is 0 Å². The molecule has 0 unspecified atom stereocenters. The number of aliphatic hydroxyl groups excluding tert-OH is 1. The number of nitrogens with one attached hydrogen (secondary N) is 1. The average molecular weight is 246 g/mol. The van der Waals surface area contributed by atoms with Gasteiger partial charge in [0.25, 0.3) is 0 Å². The first-order valence-electron chi connectivity index (χ1n) is 4.86. The van der Waals surface area contributed by atoms with Crippen LogP contribution in [-0.4, -0.2) is 24.2 Å². The molecule has 1 aromatic rings.